The number of nitrogens with zero attached hydrogens (tertiary/aromatic N) is 1. The summed E-state index contributed by atoms with van der Waals surface area (Å²) in [5.41, 5.74) is 1.91. The molecule has 0 aliphatic carbocycles. The first kappa shape index (κ1) is 12.7. The molecule has 1 aliphatic rings. The summed E-state index contributed by atoms with van der Waals surface area (Å²) in [5.74, 6) is 0. The number of aliphatic hydroxyl groups is 2. The summed E-state index contributed by atoms with van der Waals surface area (Å²) in [6, 6.07) is 9.97. The summed E-state index contributed by atoms with van der Waals surface area (Å²) in [6.45, 7) is -0.159. The molecule has 0 unspecified atom stereocenters. The van der Waals surface area contributed by atoms with Crippen molar-refractivity contribution in [2.45, 2.75) is 24.7 Å². The number of aromatic nitrogens is 1. The van der Waals surface area contributed by atoms with E-state index in [-0.39, 0.29) is 12.7 Å². The van der Waals surface area contributed by atoms with Gasteiger partial charge in [-0.05, 0) is 0 Å². The van der Waals surface area contributed by atoms with Crippen molar-refractivity contribution in [2.75, 3.05) is 6.61 Å². The highest BCUT2D eigenvalue weighted by Gasteiger charge is 2.35. The summed E-state index contributed by atoms with van der Waals surface area (Å²) in [7, 11) is 0. The van der Waals surface area contributed by atoms with Gasteiger partial charge in [-0.1, -0.05) is 30.3 Å². The van der Waals surface area contributed by atoms with Crippen LogP contribution in [0.25, 0.3) is 10.6 Å². The molecule has 0 saturated carbocycles. The van der Waals surface area contributed by atoms with E-state index < -0.39 is 12.2 Å². The third-order valence-electron chi connectivity index (χ3n) is 3.28. The van der Waals surface area contributed by atoms with Crippen molar-refractivity contribution in [3.63, 3.8) is 0 Å². The lowest BCUT2D eigenvalue weighted by atomic mass is 10.1. The van der Waals surface area contributed by atoms with Gasteiger partial charge in [-0.15, -0.1) is 11.3 Å². The van der Waals surface area contributed by atoms with Crippen molar-refractivity contribution in [2.24, 2.45) is 0 Å². The average Bonchev–Trinajstić information content (AvgIpc) is 3.06. The summed E-state index contributed by atoms with van der Waals surface area (Å²) in [5, 5.41) is 21.7. The highest BCUT2D eigenvalue weighted by molar-refractivity contribution is 7.13. The van der Waals surface area contributed by atoms with Gasteiger partial charge in [0.05, 0.1) is 18.4 Å². The van der Waals surface area contributed by atoms with E-state index in [0.717, 1.165) is 16.3 Å². The zero-order valence-corrected chi connectivity index (χ0v) is 11.1. The molecule has 0 radical (unpaired) electrons. The van der Waals surface area contributed by atoms with Crippen LogP contribution in [-0.2, 0) is 4.74 Å². The van der Waals surface area contributed by atoms with Gasteiger partial charge in [-0.2, -0.15) is 0 Å². The van der Waals surface area contributed by atoms with Gasteiger partial charge in [0.25, 0.3) is 0 Å². The summed E-state index contributed by atoms with van der Waals surface area (Å²) in [6.07, 6.45) is -0.840. The Labute approximate surface area is 115 Å². The molecular weight excluding hydrogens is 262 g/mol. The minimum Gasteiger partial charge on any atom is -0.394 e. The van der Waals surface area contributed by atoms with Crippen LogP contribution in [-0.4, -0.2) is 34.0 Å². The second-order valence-corrected chi connectivity index (χ2v) is 5.45. The molecule has 1 aliphatic heterocycles. The van der Waals surface area contributed by atoms with Crippen LogP contribution >= 0.6 is 11.3 Å². The Morgan fingerprint density at radius 1 is 1.32 bits per heavy atom. The molecule has 1 saturated heterocycles. The Balaban J connectivity index is 1.79. The van der Waals surface area contributed by atoms with Crippen LogP contribution in [0.2, 0.25) is 0 Å². The largest absolute Gasteiger partial charge is 0.394 e. The Morgan fingerprint density at radius 2 is 2.11 bits per heavy atom. The standard InChI is InChI=1S/C14H15NO3S/c16-7-13-11(17)6-12(18-13)10-8-19-14(15-10)9-4-2-1-3-5-9/h1-5,8,11-13,16-17H,6-7H2/t11-,12-,13+/m0/s1. The lowest BCUT2D eigenvalue weighted by Crippen LogP contribution is -2.24. The maximum atomic E-state index is 9.74. The van der Waals surface area contributed by atoms with Crippen molar-refractivity contribution in [1.82, 2.24) is 4.98 Å². The maximum absolute atomic E-state index is 9.74. The average molecular weight is 277 g/mol. The molecule has 1 aromatic heterocycles. The molecule has 2 N–H and O–H groups in total. The van der Waals surface area contributed by atoms with E-state index in [0.29, 0.717) is 6.42 Å². The number of aliphatic hydroxyl groups excluding tert-OH is 2. The van der Waals surface area contributed by atoms with E-state index >= 15 is 0 Å². The number of thiazole rings is 1. The predicted molar refractivity (Wildman–Crippen MR) is 72.9 cm³/mol. The van der Waals surface area contributed by atoms with Gasteiger partial charge >= 0.3 is 0 Å². The van der Waals surface area contributed by atoms with E-state index in [1.165, 1.54) is 0 Å². The number of hydrogen-bond acceptors (Lipinski definition) is 5. The zero-order chi connectivity index (χ0) is 13.2. The molecule has 1 fully saturated rings. The molecule has 100 valence electrons. The number of ether oxygens (including phenoxy) is 1. The molecule has 2 aromatic rings. The number of rotatable bonds is 3. The van der Waals surface area contributed by atoms with Crippen molar-refractivity contribution in [3.05, 3.63) is 41.4 Å². The number of hydrogen-bond donors (Lipinski definition) is 2. The Morgan fingerprint density at radius 3 is 2.79 bits per heavy atom. The van der Waals surface area contributed by atoms with Crippen LogP contribution in [0.3, 0.4) is 0 Å². The second kappa shape index (κ2) is 5.38. The van der Waals surface area contributed by atoms with Crippen molar-refractivity contribution < 1.29 is 14.9 Å². The van der Waals surface area contributed by atoms with Crippen LogP contribution in [0.4, 0.5) is 0 Å². The van der Waals surface area contributed by atoms with E-state index in [9.17, 15) is 5.11 Å². The van der Waals surface area contributed by atoms with Crippen LogP contribution in [0.15, 0.2) is 35.7 Å². The lowest BCUT2D eigenvalue weighted by molar-refractivity contribution is -0.0234. The topological polar surface area (TPSA) is 62.6 Å². The fourth-order valence-corrected chi connectivity index (χ4v) is 3.10. The second-order valence-electron chi connectivity index (χ2n) is 4.59. The first-order valence-electron chi connectivity index (χ1n) is 6.23. The molecule has 0 amide bonds. The molecular formula is C14H15NO3S. The molecule has 2 heterocycles. The van der Waals surface area contributed by atoms with Crippen molar-refractivity contribution in [3.8, 4) is 10.6 Å². The van der Waals surface area contributed by atoms with Gasteiger partial charge in [-0.25, -0.2) is 4.98 Å². The molecule has 0 spiro atoms. The summed E-state index contributed by atoms with van der Waals surface area (Å²) < 4.78 is 5.60. The van der Waals surface area contributed by atoms with Gasteiger partial charge in [-0.3, -0.25) is 0 Å². The van der Waals surface area contributed by atoms with Crippen molar-refractivity contribution in [1.29, 1.82) is 0 Å². The molecule has 4 nitrogen and oxygen atoms in total. The quantitative estimate of drug-likeness (QED) is 0.900. The Bertz CT molecular complexity index is 543. The Kier molecular flexibility index (Phi) is 3.61. The van der Waals surface area contributed by atoms with Crippen LogP contribution in [0, 0.1) is 0 Å². The minimum atomic E-state index is -0.614. The SMILES string of the molecule is OC[C@H]1O[C@H](c2csc(-c3ccccc3)n2)C[C@@H]1O. The fraction of sp³-hybridized carbons (Fsp3) is 0.357. The Hall–Kier alpha value is -1.27. The highest BCUT2D eigenvalue weighted by atomic mass is 32.1. The summed E-state index contributed by atoms with van der Waals surface area (Å²) in [4.78, 5) is 4.57. The van der Waals surface area contributed by atoms with Gasteiger partial charge in [0.1, 0.15) is 17.2 Å². The van der Waals surface area contributed by atoms with Crippen LogP contribution < -0.4 is 0 Å². The van der Waals surface area contributed by atoms with Gasteiger partial charge < -0.3 is 14.9 Å². The fourth-order valence-electron chi connectivity index (χ4n) is 2.23. The molecule has 0 bridgehead atoms. The molecule has 3 rings (SSSR count). The van der Waals surface area contributed by atoms with E-state index in [1.807, 2.05) is 35.7 Å². The van der Waals surface area contributed by atoms with Crippen molar-refractivity contribution >= 4 is 11.3 Å². The highest BCUT2D eigenvalue weighted by Crippen LogP contribution is 2.35. The predicted octanol–water partition coefficient (Wildman–Crippen LogP) is 1.99. The van der Waals surface area contributed by atoms with Gasteiger partial charge in [0.2, 0.25) is 0 Å². The molecule has 5 heteroatoms. The van der Waals surface area contributed by atoms with E-state index in [2.05, 4.69) is 4.98 Å². The van der Waals surface area contributed by atoms with Gasteiger partial charge in [0.15, 0.2) is 0 Å². The normalized spacial score (nSPS) is 26.7. The van der Waals surface area contributed by atoms with Crippen LogP contribution in [0.5, 0.6) is 0 Å². The maximum Gasteiger partial charge on any atom is 0.123 e. The third kappa shape index (κ3) is 2.55. The molecule has 1 aromatic carbocycles. The monoisotopic (exact) mass is 277 g/mol. The van der Waals surface area contributed by atoms with Gasteiger partial charge in [0, 0.05) is 17.4 Å². The number of benzene rings is 1. The first-order valence-corrected chi connectivity index (χ1v) is 7.11. The van der Waals surface area contributed by atoms with E-state index in [4.69, 9.17) is 9.84 Å². The third-order valence-corrected chi connectivity index (χ3v) is 4.19. The smallest absolute Gasteiger partial charge is 0.123 e. The zero-order valence-electron chi connectivity index (χ0n) is 10.3. The lowest BCUT2D eigenvalue weighted by Gasteiger charge is -2.10. The molecule has 3 atom stereocenters. The first-order chi connectivity index (χ1) is 9.28. The minimum absolute atomic E-state index is 0.159. The van der Waals surface area contributed by atoms with Crippen LogP contribution in [0.1, 0.15) is 18.2 Å². The molecule has 19 heavy (non-hydrogen) atoms. The summed E-state index contributed by atoms with van der Waals surface area (Å²) >= 11 is 1.56. The van der Waals surface area contributed by atoms with E-state index in [1.54, 1.807) is 11.3 Å².